The van der Waals surface area contributed by atoms with Gasteiger partial charge in [0.05, 0.1) is 6.04 Å². The predicted octanol–water partition coefficient (Wildman–Crippen LogP) is 3.88. The first kappa shape index (κ1) is 15.5. The van der Waals surface area contributed by atoms with Crippen LogP contribution in [0.15, 0.2) is 48.7 Å². The lowest BCUT2D eigenvalue weighted by Gasteiger charge is -2.25. The molecule has 0 aliphatic carbocycles. The summed E-state index contributed by atoms with van der Waals surface area (Å²) in [7, 11) is 0. The molecule has 1 aliphatic rings. The summed E-state index contributed by atoms with van der Waals surface area (Å²) in [6.07, 6.45) is 5.02. The van der Waals surface area contributed by atoms with E-state index in [0.29, 0.717) is 0 Å². The van der Waals surface area contributed by atoms with Gasteiger partial charge in [-0.2, -0.15) is 0 Å². The Bertz CT molecular complexity index is 639. The van der Waals surface area contributed by atoms with Gasteiger partial charge in [-0.1, -0.05) is 31.2 Å². The molecule has 1 amide bonds. The van der Waals surface area contributed by atoms with Crippen LogP contribution in [0.1, 0.15) is 48.1 Å². The highest BCUT2D eigenvalue weighted by atomic mass is 16.2. The van der Waals surface area contributed by atoms with Crippen LogP contribution in [0.2, 0.25) is 0 Å². The van der Waals surface area contributed by atoms with E-state index in [1.54, 1.807) is 0 Å². The molecule has 1 N–H and O–H groups in total. The average molecular weight is 309 g/mol. The van der Waals surface area contributed by atoms with E-state index in [-0.39, 0.29) is 11.9 Å². The van der Waals surface area contributed by atoms with Crippen LogP contribution in [-0.4, -0.2) is 28.9 Å². The van der Waals surface area contributed by atoms with E-state index in [9.17, 15) is 4.79 Å². The van der Waals surface area contributed by atoms with Crippen LogP contribution in [0.5, 0.6) is 0 Å². The van der Waals surface area contributed by atoms with Crippen LogP contribution in [0.4, 0.5) is 5.82 Å². The molecular weight excluding hydrogens is 286 g/mol. The molecule has 1 saturated heterocycles. The topological polar surface area (TPSA) is 45.2 Å². The van der Waals surface area contributed by atoms with Crippen molar-refractivity contribution >= 4 is 11.7 Å². The third kappa shape index (κ3) is 3.52. The first-order chi connectivity index (χ1) is 11.3. The summed E-state index contributed by atoms with van der Waals surface area (Å²) in [5, 5.41) is 3.28. The maximum absolute atomic E-state index is 12.7. The lowest BCUT2D eigenvalue weighted by molar-refractivity contribution is 0.0735. The summed E-state index contributed by atoms with van der Waals surface area (Å²) in [6.45, 7) is 3.87. The molecule has 1 atom stereocenters. The van der Waals surface area contributed by atoms with Crippen LogP contribution >= 0.6 is 0 Å². The zero-order valence-electron chi connectivity index (χ0n) is 13.5. The summed E-state index contributed by atoms with van der Waals surface area (Å²) >= 11 is 0. The number of amides is 1. The first-order valence-electron chi connectivity index (χ1n) is 8.35. The molecule has 1 aromatic carbocycles. The van der Waals surface area contributed by atoms with Gasteiger partial charge in [0.15, 0.2) is 0 Å². The molecule has 23 heavy (non-hydrogen) atoms. The first-order valence-corrected chi connectivity index (χ1v) is 8.35. The molecule has 120 valence electrons. The Morgan fingerprint density at radius 1 is 1.26 bits per heavy atom. The minimum absolute atomic E-state index is 0.112. The van der Waals surface area contributed by atoms with Crippen LogP contribution in [0.3, 0.4) is 0 Å². The molecule has 0 radical (unpaired) electrons. The Balaban J connectivity index is 1.75. The third-order valence-electron chi connectivity index (χ3n) is 4.26. The van der Waals surface area contributed by atoms with Gasteiger partial charge >= 0.3 is 0 Å². The standard InChI is InChI=1S/C19H23N3O/c1-2-12-20-18-11-10-16(14-21-18)17-9-6-13-22(17)19(23)15-7-4-3-5-8-15/h3-5,7-8,10-11,14,17H,2,6,9,12-13H2,1H3,(H,20,21)/t17-/m1/s1. The second kappa shape index (κ2) is 7.27. The number of hydrogen-bond donors (Lipinski definition) is 1. The van der Waals surface area contributed by atoms with Crippen molar-refractivity contribution in [2.75, 3.05) is 18.4 Å². The monoisotopic (exact) mass is 309 g/mol. The van der Waals surface area contributed by atoms with Crippen molar-refractivity contribution < 1.29 is 4.79 Å². The number of carbonyl (C=O) groups is 1. The highest BCUT2D eigenvalue weighted by Gasteiger charge is 2.30. The van der Waals surface area contributed by atoms with Gasteiger partial charge in [-0.05, 0) is 43.0 Å². The predicted molar refractivity (Wildman–Crippen MR) is 92.5 cm³/mol. The van der Waals surface area contributed by atoms with Crippen LogP contribution in [0.25, 0.3) is 0 Å². The molecule has 1 aromatic heterocycles. The van der Waals surface area contributed by atoms with Crippen molar-refractivity contribution in [3.63, 3.8) is 0 Å². The molecule has 3 rings (SSSR count). The van der Waals surface area contributed by atoms with Crippen molar-refractivity contribution in [3.8, 4) is 0 Å². The minimum Gasteiger partial charge on any atom is -0.370 e. The largest absolute Gasteiger partial charge is 0.370 e. The van der Waals surface area contributed by atoms with Crippen molar-refractivity contribution in [2.24, 2.45) is 0 Å². The second-order valence-electron chi connectivity index (χ2n) is 5.93. The van der Waals surface area contributed by atoms with Crippen LogP contribution < -0.4 is 5.32 Å². The molecule has 2 heterocycles. The van der Waals surface area contributed by atoms with E-state index in [2.05, 4.69) is 23.3 Å². The van der Waals surface area contributed by atoms with Gasteiger partial charge in [0.1, 0.15) is 5.82 Å². The summed E-state index contributed by atoms with van der Waals surface area (Å²) in [5.41, 5.74) is 1.88. The number of nitrogens with one attached hydrogen (secondary N) is 1. The Kier molecular flexibility index (Phi) is 4.91. The van der Waals surface area contributed by atoms with Gasteiger partial charge in [-0.25, -0.2) is 4.98 Å². The lowest BCUT2D eigenvalue weighted by Crippen LogP contribution is -2.30. The number of nitrogens with zero attached hydrogens (tertiary/aromatic N) is 2. The molecule has 1 aliphatic heterocycles. The smallest absolute Gasteiger partial charge is 0.254 e. The van der Waals surface area contributed by atoms with Crippen LogP contribution in [0, 0.1) is 0 Å². The number of likely N-dealkylation sites (tertiary alicyclic amines) is 1. The quantitative estimate of drug-likeness (QED) is 0.911. The van der Waals surface area contributed by atoms with Gasteiger partial charge < -0.3 is 10.2 Å². The summed E-state index contributed by atoms with van der Waals surface area (Å²) < 4.78 is 0. The van der Waals surface area contributed by atoms with Crippen molar-refractivity contribution in [1.29, 1.82) is 0 Å². The van der Waals surface area contributed by atoms with Gasteiger partial charge in [-0.15, -0.1) is 0 Å². The maximum Gasteiger partial charge on any atom is 0.254 e. The van der Waals surface area contributed by atoms with Crippen molar-refractivity contribution in [2.45, 2.75) is 32.2 Å². The van der Waals surface area contributed by atoms with E-state index >= 15 is 0 Å². The maximum atomic E-state index is 12.7. The zero-order valence-corrected chi connectivity index (χ0v) is 13.5. The van der Waals surface area contributed by atoms with Gasteiger partial charge in [0.2, 0.25) is 0 Å². The average Bonchev–Trinajstić information content (AvgIpc) is 3.10. The Morgan fingerprint density at radius 3 is 2.78 bits per heavy atom. The molecule has 2 aromatic rings. The molecule has 0 bridgehead atoms. The SMILES string of the molecule is CCCNc1ccc([C@H]2CCCN2C(=O)c2ccccc2)cn1. The molecule has 0 unspecified atom stereocenters. The zero-order chi connectivity index (χ0) is 16.1. The van der Waals surface area contributed by atoms with Crippen LogP contribution in [-0.2, 0) is 0 Å². The minimum atomic E-state index is 0.112. The molecule has 0 spiro atoms. The van der Waals surface area contributed by atoms with Crippen molar-refractivity contribution in [1.82, 2.24) is 9.88 Å². The van der Waals surface area contributed by atoms with E-state index in [1.807, 2.05) is 47.5 Å². The number of carbonyl (C=O) groups excluding carboxylic acids is 1. The van der Waals surface area contributed by atoms with E-state index < -0.39 is 0 Å². The Labute approximate surface area is 137 Å². The number of pyridine rings is 1. The fraction of sp³-hybridized carbons (Fsp3) is 0.368. The molecule has 4 nitrogen and oxygen atoms in total. The lowest BCUT2D eigenvalue weighted by atomic mass is 10.1. The molecular formula is C19H23N3O. The number of rotatable bonds is 5. The fourth-order valence-corrected chi connectivity index (χ4v) is 3.06. The molecule has 4 heteroatoms. The summed E-state index contributed by atoms with van der Waals surface area (Å²) in [4.78, 5) is 19.2. The Hall–Kier alpha value is -2.36. The van der Waals surface area contributed by atoms with Crippen molar-refractivity contribution in [3.05, 3.63) is 59.8 Å². The van der Waals surface area contributed by atoms with E-state index in [1.165, 1.54) is 0 Å². The normalized spacial score (nSPS) is 17.3. The fourth-order valence-electron chi connectivity index (χ4n) is 3.06. The third-order valence-corrected chi connectivity index (χ3v) is 4.26. The van der Waals surface area contributed by atoms with Gasteiger partial charge in [-0.3, -0.25) is 4.79 Å². The van der Waals surface area contributed by atoms with E-state index in [4.69, 9.17) is 0 Å². The highest BCUT2D eigenvalue weighted by Crippen LogP contribution is 2.33. The molecule has 1 fully saturated rings. The number of benzene rings is 1. The number of aromatic nitrogens is 1. The second-order valence-corrected chi connectivity index (χ2v) is 5.93. The summed E-state index contributed by atoms with van der Waals surface area (Å²) in [6, 6.07) is 13.8. The Morgan fingerprint density at radius 2 is 2.09 bits per heavy atom. The molecule has 0 saturated carbocycles. The van der Waals surface area contributed by atoms with Gasteiger partial charge in [0, 0.05) is 24.8 Å². The number of hydrogen-bond acceptors (Lipinski definition) is 3. The summed E-state index contributed by atoms with van der Waals surface area (Å²) in [5.74, 6) is 1.01. The highest BCUT2D eigenvalue weighted by molar-refractivity contribution is 5.94. The number of anilines is 1. The van der Waals surface area contributed by atoms with E-state index in [0.717, 1.165) is 49.3 Å². The van der Waals surface area contributed by atoms with Gasteiger partial charge in [0.25, 0.3) is 5.91 Å².